The lowest BCUT2D eigenvalue weighted by atomic mass is 9.96. The molecular formula is C16H32N2O. The van der Waals surface area contributed by atoms with Gasteiger partial charge in [-0.15, -0.1) is 0 Å². The van der Waals surface area contributed by atoms with Gasteiger partial charge in [-0.05, 0) is 72.4 Å². The van der Waals surface area contributed by atoms with Gasteiger partial charge < -0.3 is 10.1 Å². The van der Waals surface area contributed by atoms with Crippen molar-refractivity contribution in [2.24, 2.45) is 5.92 Å². The molecule has 0 aromatic heterocycles. The first-order valence-corrected chi connectivity index (χ1v) is 8.09. The quantitative estimate of drug-likeness (QED) is 0.829. The summed E-state index contributed by atoms with van der Waals surface area (Å²) in [4.78, 5) is 2.64. The molecule has 2 heterocycles. The molecule has 0 saturated carbocycles. The minimum Gasteiger partial charge on any atom is -0.371 e. The minimum atomic E-state index is 0.0993. The molecule has 3 nitrogen and oxygen atoms in total. The molecule has 2 rings (SSSR count). The lowest BCUT2D eigenvalue weighted by Crippen LogP contribution is -2.43. The van der Waals surface area contributed by atoms with Crippen molar-refractivity contribution in [2.45, 2.75) is 71.1 Å². The zero-order valence-corrected chi connectivity index (χ0v) is 13.2. The summed E-state index contributed by atoms with van der Waals surface area (Å²) in [7, 11) is 0. The van der Waals surface area contributed by atoms with Gasteiger partial charge in [0, 0.05) is 19.1 Å². The highest BCUT2D eigenvalue weighted by molar-refractivity contribution is 4.84. The Morgan fingerprint density at radius 3 is 2.37 bits per heavy atom. The number of hydrogen-bond donors (Lipinski definition) is 1. The van der Waals surface area contributed by atoms with Crippen molar-refractivity contribution in [2.75, 3.05) is 26.2 Å². The molecule has 2 aliphatic rings. The number of nitrogens with one attached hydrogen (secondary N) is 1. The Morgan fingerprint density at radius 2 is 1.84 bits per heavy atom. The van der Waals surface area contributed by atoms with Gasteiger partial charge in [0.1, 0.15) is 0 Å². The lowest BCUT2D eigenvalue weighted by Gasteiger charge is -2.34. The zero-order chi connectivity index (χ0) is 13.9. The van der Waals surface area contributed by atoms with Gasteiger partial charge in [0.2, 0.25) is 0 Å². The first-order valence-electron chi connectivity index (χ1n) is 8.09. The molecule has 0 spiro atoms. The summed E-state index contributed by atoms with van der Waals surface area (Å²) in [6, 6.07) is 0.627. The molecule has 2 saturated heterocycles. The van der Waals surface area contributed by atoms with Crippen molar-refractivity contribution in [3.8, 4) is 0 Å². The van der Waals surface area contributed by atoms with Crippen LogP contribution >= 0.6 is 0 Å². The number of hydrogen-bond acceptors (Lipinski definition) is 3. The van der Waals surface area contributed by atoms with Crippen LogP contribution in [-0.4, -0.2) is 48.8 Å². The van der Waals surface area contributed by atoms with Crippen LogP contribution in [0.3, 0.4) is 0 Å². The SMILES string of the molecule is CC(C)N(CC1CCNCC1)CC1CCC(C)(C)O1. The second kappa shape index (κ2) is 6.55. The molecule has 1 N–H and O–H groups in total. The molecule has 0 radical (unpaired) electrons. The van der Waals surface area contributed by atoms with Gasteiger partial charge in [0.25, 0.3) is 0 Å². The molecule has 0 aromatic rings. The summed E-state index contributed by atoms with van der Waals surface area (Å²) in [5.41, 5.74) is 0.0993. The highest BCUT2D eigenvalue weighted by Crippen LogP contribution is 2.30. The number of rotatable bonds is 5. The van der Waals surface area contributed by atoms with Gasteiger partial charge in [-0.1, -0.05) is 0 Å². The lowest BCUT2D eigenvalue weighted by molar-refractivity contribution is -0.0344. The highest BCUT2D eigenvalue weighted by atomic mass is 16.5. The van der Waals surface area contributed by atoms with Gasteiger partial charge >= 0.3 is 0 Å². The Labute approximate surface area is 119 Å². The Morgan fingerprint density at radius 1 is 1.16 bits per heavy atom. The smallest absolute Gasteiger partial charge is 0.0710 e. The van der Waals surface area contributed by atoms with Gasteiger partial charge in [0.05, 0.1) is 11.7 Å². The predicted molar refractivity (Wildman–Crippen MR) is 80.5 cm³/mol. The molecular weight excluding hydrogens is 236 g/mol. The van der Waals surface area contributed by atoms with E-state index in [2.05, 4.69) is 37.9 Å². The second-order valence-electron chi connectivity index (χ2n) is 7.28. The van der Waals surface area contributed by atoms with Crippen LogP contribution in [0.4, 0.5) is 0 Å². The van der Waals surface area contributed by atoms with Crippen LogP contribution in [0.2, 0.25) is 0 Å². The van der Waals surface area contributed by atoms with Gasteiger partial charge in [-0.25, -0.2) is 0 Å². The van der Waals surface area contributed by atoms with Gasteiger partial charge in [-0.2, -0.15) is 0 Å². The number of nitrogens with zero attached hydrogens (tertiary/aromatic N) is 1. The molecule has 112 valence electrons. The van der Waals surface area contributed by atoms with E-state index in [1.54, 1.807) is 0 Å². The van der Waals surface area contributed by atoms with Crippen LogP contribution in [0.15, 0.2) is 0 Å². The molecule has 0 bridgehead atoms. The highest BCUT2D eigenvalue weighted by Gasteiger charge is 2.33. The monoisotopic (exact) mass is 268 g/mol. The van der Waals surface area contributed by atoms with Crippen LogP contribution < -0.4 is 5.32 Å². The van der Waals surface area contributed by atoms with E-state index in [0.29, 0.717) is 12.1 Å². The third kappa shape index (κ3) is 4.73. The van der Waals surface area contributed by atoms with Crippen molar-refractivity contribution in [3.63, 3.8) is 0 Å². The molecule has 1 unspecified atom stereocenters. The summed E-state index contributed by atoms with van der Waals surface area (Å²) in [5, 5.41) is 3.46. The molecule has 2 aliphatic heterocycles. The van der Waals surface area contributed by atoms with Crippen LogP contribution in [0.5, 0.6) is 0 Å². The summed E-state index contributed by atoms with van der Waals surface area (Å²) in [5.74, 6) is 0.873. The largest absolute Gasteiger partial charge is 0.371 e. The maximum atomic E-state index is 6.16. The summed E-state index contributed by atoms with van der Waals surface area (Å²) >= 11 is 0. The van der Waals surface area contributed by atoms with Gasteiger partial charge in [-0.3, -0.25) is 4.90 Å². The number of ether oxygens (including phenoxy) is 1. The summed E-state index contributed by atoms with van der Waals surface area (Å²) in [6.45, 7) is 13.8. The van der Waals surface area contributed by atoms with E-state index in [-0.39, 0.29) is 5.60 Å². The van der Waals surface area contributed by atoms with Crippen molar-refractivity contribution in [3.05, 3.63) is 0 Å². The zero-order valence-electron chi connectivity index (χ0n) is 13.2. The van der Waals surface area contributed by atoms with Crippen molar-refractivity contribution in [1.82, 2.24) is 10.2 Å². The van der Waals surface area contributed by atoms with E-state index in [9.17, 15) is 0 Å². The van der Waals surface area contributed by atoms with E-state index in [1.807, 2.05) is 0 Å². The minimum absolute atomic E-state index is 0.0993. The summed E-state index contributed by atoms with van der Waals surface area (Å²) in [6.07, 6.45) is 5.54. The van der Waals surface area contributed by atoms with Crippen molar-refractivity contribution >= 4 is 0 Å². The molecule has 0 aromatic carbocycles. The van der Waals surface area contributed by atoms with Crippen molar-refractivity contribution < 1.29 is 4.74 Å². The molecule has 3 heteroatoms. The van der Waals surface area contributed by atoms with Crippen LogP contribution in [0, 0.1) is 5.92 Å². The molecule has 0 aliphatic carbocycles. The normalized spacial score (nSPS) is 28.4. The molecule has 2 fully saturated rings. The van der Waals surface area contributed by atoms with Gasteiger partial charge in [0.15, 0.2) is 0 Å². The second-order valence-corrected chi connectivity index (χ2v) is 7.28. The van der Waals surface area contributed by atoms with Crippen LogP contribution in [0.25, 0.3) is 0 Å². The van der Waals surface area contributed by atoms with E-state index in [1.165, 1.54) is 45.3 Å². The standard InChI is InChI=1S/C16H32N2O/c1-13(2)18(11-14-6-9-17-10-7-14)12-15-5-8-16(3,4)19-15/h13-15,17H,5-12H2,1-4H3. The fourth-order valence-electron chi connectivity index (χ4n) is 3.36. The number of piperidine rings is 1. The van der Waals surface area contributed by atoms with Crippen LogP contribution in [-0.2, 0) is 4.74 Å². The van der Waals surface area contributed by atoms with E-state index in [4.69, 9.17) is 4.74 Å². The van der Waals surface area contributed by atoms with E-state index in [0.717, 1.165) is 12.5 Å². The average molecular weight is 268 g/mol. The fourth-order valence-corrected chi connectivity index (χ4v) is 3.36. The maximum Gasteiger partial charge on any atom is 0.0710 e. The van der Waals surface area contributed by atoms with E-state index < -0.39 is 0 Å². The molecule has 0 amide bonds. The van der Waals surface area contributed by atoms with Crippen LogP contribution in [0.1, 0.15) is 53.4 Å². The maximum absolute atomic E-state index is 6.16. The third-order valence-corrected chi connectivity index (χ3v) is 4.67. The van der Waals surface area contributed by atoms with E-state index >= 15 is 0 Å². The topological polar surface area (TPSA) is 24.5 Å². The Balaban J connectivity index is 1.82. The Bertz CT molecular complexity index is 272. The molecule has 19 heavy (non-hydrogen) atoms. The Kier molecular flexibility index (Phi) is 5.27. The fraction of sp³-hybridized carbons (Fsp3) is 1.00. The summed E-state index contributed by atoms with van der Waals surface area (Å²) < 4.78 is 6.16. The first-order chi connectivity index (χ1) is 8.96. The molecule has 1 atom stereocenters. The first kappa shape index (κ1) is 15.3. The average Bonchev–Trinajstić information content (AvgIpc) is 2.69. The third-order valence-electron chi connectivity index (χ3n) is 4.67. The Hall–Kier alpha value is -0.120. The van der Waals surface area contributed by atoms with Crippen molar-refractivity contribution in [1.29, 1.82) is 0 Å². The predicted octanol–water partition coefficient (Wildman–Crippen LogP) is 2.65.